The van der Waals surface area contributed by atoms with Crippen molar-refractivity contribution >= 4 is 23.0 Å². The van der Waals surface area contributed by atoms with E-state index in [0.717, 1.165) is 12.8 Å². The number of carbonyl (C=O) groups excluding carboxylic acids is 1. The third-order valence-electron chi connectivity index (χ3n) is 3.97. The summed E-state index contributed by atoms with van der Waals surface area (Å²) in [5.74, 6) is 0.0576. The summed E-state index contributed by atoms with van der Waals surface area (Å²) in [6.45, 7) is 5.68. The first-order valence-corrected chi connectivity index (χ1v) is 8.19. The van der Waals surface area contributed by atoms with Crippen LogP contribution in [0.25, 0.3) is 11.2 Å². The van der Waals surface area contributed by atoms with Gasteiger partial charge in [-0.25, -0.2) is 15.0 Å². The highest BCUT2D eigenvalue weighted by molar-refractivity contribution is 5.81. The van der Waals surface area contributed by atoms with Crippen molar-refractivity contribution in [3.63, 3.8) is 0 Å². The molecule has 1 fully saturated rings. The fourth-order valence-electron chi connectivity index (χ4n) is 2.59. The lowest BCUT2D eigenvalue weighted by molar-refractivity contribution is -0.169. The van der Waals surface area contributed by atoms with Crippen LogP contribution in [-0.4, -0.2) is 45.0 Å². The zero-order chi connectivity index (χ0) is 18.0. The van der Waals surface area contributed by atoms with E-state index in [0.29, 0.717) is 23.6 Å². The predicted molar refractivity (Wildman–Crippen MR) is 89.2 cm³/mol. The highest BCUT2D eigenvalue weighted by Crippen LogP contribution is 2.31. The molecule has 0 aromatic carbocycles. The van der Waals surface area contributed by atoms with Crippen LogP contribution >= 0.6 is 0 Å². The number of nitrogens with zero attached hydrogens (tertiary/aromatic N) is 4. The number of aromatic nitrogens is 4. The number of fused-ring (bicyclic) bond motifs is 1. The molecule has 1 aliphatic heterocycles. The van der Waals surface area contributed by atoms with E-state index in [1.165, 1.54) is 6.33 Å². The average molecular weight is 349 g/mol. The van der Waals surface area contributed by atoms with Crippen LogP contribution in [0.2, 0.25) is 0 Å². The van der Waals surface area contributed by atoms with Crippen LogP contribution in [0, 0.1) is 5.41 Å². The van der Waals surface area contributed by atoms with Crippen LogP contribution in [0.15, 0.2) is 12.7 Å². The number of nitrogens with two attached hydrogens (primary N) is 1. The fourth-order valence-corrected chi connectivity index (χ4v) is 2.59. The molecule has 9 heteroatoms. The molecule has 0 amide bonds. The summed E-state index contributed by atoms with van der Waals surface area (Å²) >= 11 is 0. The van der Waals surface area contributed by atoms with Crippen molar-refractivity contribution in [3.05, 3.63) is 12.7 Å². The number of esters is 1. The Bertz CT molecular complexity index is 755. The molecule has 2 atom stereocenters. The molecular formula is C16H23N5O4. The fraction of sp³-hybridized carbons (Fsp3) is 0.625. The minimum absolute atomic E-state index is 0.0710. The van der Waals surface area contributed by atoms with E-state index in [1.54, 1.807) is 27.1 Å². The number of nitrogen functional groups attached to an aromatic ring is 1. The lowest BCUT2D eigenvalue weighted by atomic mass is 9.98. The zero-order valence-corrected chi connectivity index (χ0v) is 14.6. The van der Waals surface area contributed by atoms with Crippen molar-refractivity contribution in [2.24, 2.45) is 5.41 Å². The molecule has 0 bridgehead atoms. The minimum atomic E-state index is -0.537. The van der Waals surface area contributed by atoms with Gasteiger partial charge in [0.1, 0.15) is 18.1 Å². The van der Waals surface area contributed by atoms with Gasteiger partial charge >= 0.3 is 5.97 Å². The molecule has 0 radical (unpaired) electrons. The molecule has 25 heavy (non-hydrogen) atoms. The van der Waals surface area contributed by atoms with Gasteiger partial charge in [-0.3, -0.25) is 9.36 Å². The van der Waals surface area contributed by atoms with E-state index in [9.17, 15) is 4.79 Å². The number of ether oxygens (including phenoxy) is 3. The summed E-state index contributed by atoms with van der Waals surface area (Å²) in [6, 6.07) is 0. The van der Waals surface area contributed by atoms with Gasteiger partial charge in [-0.2, -0.15) is 0 Å². The van der Waals surface area contributed by atoms with E-state index in [2.05, 4.69) is 15.0 Å². The predicted octanol–water partition coefficient (Wildman–Crippen LogP) is 1.65. The van der Waals surface area contributed by atoms with Gasteiger partial charge < -0.3 is 19.9 Å². The van der Waals surface area contributed by atoms with Gasteiger partial charge in [-0.15, -0.1) is 0 Å². The van der Waals surface area contributed by atoms with Gasteiger partial charge in [0.05, 0.1) is 24.5 Å². The first-order valence-electron chi connectivity index (χ1n) is 8.19. The molecule has 1 aliphatic rings. The Morgan fingerprint density at radius 2 is 2.16 bits per heavy atom. The maximum atomic E-state index is 11.7. The number of anilines is 1. The summed E-state index contributed by atoms with van der Waals surface area (Å²) in [6.07, 6.45) is 4.47. The van der Waals surface area contributed by atoms with E-state index in [4.69, 9.17) is 19.9 Å². The molecule has 2 N–H and O–H groups in total. The SMILES string of the molecule is CC(C)(C)C(=O)OCOC[C@@H]1CC[C@H](n2cnc3c(N)ncnc32)O1. The van der Waals surface area contributed by atoms with Crippen molar-refractivity contribution in [1.82, 2.24) is 19.5 Å². The number of imidazole rings is 1. The average Bonchev–Trinajstić information content (AvgIpc) is 3.17. The van der Waals surface area contributed by atoms with Crippen LogP contribution in [0.1, 0.15) is 39.8 Å². The molecule has 0 unspecified atom stereocenters. The van der Waals surface area contributed by atoms with E-state index in [1.807, 2.05) is 4.57 Å². The normalized spacial score (nSPS) is 20.9. The van der Waals surface area contributed by atoms with Crippen LogP contribution in [0.4, 0.5) is 5.82 Å². The molecule has 3 heterocycles. The number of hydrogen-bond donors (Lipinski definition) is 1. The lowest BCUT2D eigenvalue weighted by Crippen LogP contribution is -2.25. The van der Waals surface area contributed by atoms with Gasteiger partial charge in [-0.1, -0.05) is 0 Å². The van der Waals surface area contributed by atoms with E-state index < -0.39 is 5.41 Å². The Morgan fingerprint density at radius 3 is 2.92 bits per heavy atom. The molecule has 0 spiro atoms. The monoisotopic (exact) mass is 349 g/mol. The molecule has 136 valence electrons. The highest BCUT2D eigenvalue weighted by atomic mass is 16.7. The highest BCUT2D eigenvalue weighted by Gasteiger charge is 2.29. The maximum absolute atomic E-state index is 11.7. The summed E-state index contributed by atoms with van der Waals surface area (Å²) < 4.78 is 18.3. The minimum Gasteiger partial charge on any atom is -0.438 e. The van der Waals surface area contributed by atoms with Crippen LogP contribution < -0.4 is 5.73 Å². The second kappa shape index (κ2) is 6.93. The Morgan fingerprint density at radius 1 is 1.36 bits per heavy atom. The second-order valence-electron chi connectivity index (χ2n) is 7.04. The van der Waals surface area contributed by atoms with Crippen molar-refractivity contribution in [1.29, 1.82) is 0 Å². The smallest absolute Gasteiger partial charge is 0.313 e. The number of carbonyl (C=O) groups is 1. The summed E-state index contributed by atoms with van der Waals surface area (Å²) in [7, 11) is 0. The van der Waals surface area contributed by atoms with E-state index >= 15 is 0 Å². The van der Waals surface area contributed by atoms with Crippen molar-refractivity contribution < 1.29 is 19.0 Å². The van der Waals surface area contributed by atoms with Gasteiger partial charge in [0.25, 0.3) is 0 Å². The summed E-state index contributed by atoms with van der Waals surface area (Å²) in [5.41, 5.74) is 6.49. The van der Waals surface area contributed by atoms with Gasteiger partial charge in [0.2, 0.25) is 0 Å². The molecule has 0 saturated carbocycles. The van der Waals surface area contributed by atoms with Crippen LogP contribution in [0.5, 0.6) is 0 Å². The third-order valence-corrected chi connectivity index (χ3v) is 3.97. The molecule has 2 aromatic rings. The Kier molecular flexibility index (Phi) is 4.87. The zero-order valence-electron chi connectivity index (χ0n) is 14.6. The van der Waals surface area contributed by atoms with E-state index in [-0.39, 0.29) is 25.1 Å². The largest absolute Gasteiger partial charge is 0.438 e. The first-order chi connectivity index (χ1) is 11.9. The van der Waals surface area contributed by atoms with Gasteiger partial charge in [0.15, 0.2) is 18.3 Å². The van der Waals surface area contributed by atoms with Gasteiger partial charge in [0, 0.05) is 0 Å². The quantitative estimate of drug-likeness (QED) is 0.492. The maximum Gasteiger partial charge on any atom is 0.313 e. The second-order valence-corrected chi connectivity index (χ2v) is 7.04. The third kappa shape index (κ3) is 3.88. The first kappa shape index (κ1) is 17.6. The Labute approximate surface area is 145 Å². The molecule has 2 aromatic heterocycles. The number of rotatable bonds is 5. The topological polar surface area (TPSA) is 114 Å². The molecule has 3 rings (SSSR count). The van der Waals surface area contributed by atoms with Crippen molar-refractivity contribution in [3.8, 4) is 0 Å². The summed E-state index contributed by atoms with van der Waals surface area (Å²) in [4.78, 5) is 24.1. The molecule has 1 saturated heterocycles. The Hall–Kier alpha value is -2.26. The van der Waals surface area contributed by atoms with Crippen LogP contribution in [0.3, 0.4) is 0 Å². The lowest BCUT2D eigenvalue weighted by Gasteiger charge is -2.18. The molecule has 9 nitrogen and oxygen atoms in total. The molecule has 0 aliphatic carbocycles. The van der Waals surface area contributed by atoms with Crippen molar-refractivity contribution in [2.45, 2.75) is 45.9 Å². The van der Waals surface area contributed by atoms with Gasteiger partial charge in [-0.05, 0) is 33.6 Å². The standard InChI is InChI=1S/C16H23N5O4/c1-16(2,3)15(22)24-9-23-6-10-4-5-11(25-10)21-8-20-12-13(17)18-7-19-14(12)21/h7-8,10-11H,4-6,9H2,1-3H3,(H2,17,18,19)/t10-,11+/m0/s1. The summed E-state index contributed by atoms with van der Waals surface area (Å²) in [5, 5.41) is 0. The number of hydrogen-bond acceptors (Lipinski definition) is 8. The molecular weight excluding hydrogens is 326 g/mol. The van der Waals surface area contributed by atoms with Crippen LogP contribution in [-0.2, 0) is 19.0 Å². The van der Waals surface area contributed by atoms with Crippen molar-refractivity contribution in [2.75, 3.05) is 19.1 Å². The Balaban J connectivity index is 1.50.